The van der Waals surface area contributed by atoms with E-state index in [0.29, 0.717) is 5.57 Å². The Morgan fingerprint density at radius 3 is 2.30 bits per heavy atom. The Kier molecular flexibility index (Phi) is 7.73. The molecule has 8 N–H and O–H groups in total. The van der Waals surface area contributed by atoms with Crippen LogP contribution in [0.1, 0.15) is 39.2 Å². The third-order valence-corrected chi connectivity index (χ3v) is 6.23. The van der Waals surface area contributed by atoms with E-state index >= 15 is 0 Å². The van der Waals surface area contributed by atoms with E-state index in [-0.39, 0.29) is 24.1 Å². The number of likely N-dealkylation sites (tertiary alicyclic amines) is 1. The maximum atomic E-state index is 12.2. The Bertz CT molecular complexity index is 1180. The van der Waals surface area contributed by atoms with Crippen molar-refractivity contribution in [2.24, 2.45) is 5.73 Å². The maximum Gasteiger partial charge on any atom is 0.407 e. The van der Waals surface area contributed by atoms with Crippen molar-refractivity contribution in [1.82, 2.24) is 15.5 Å². The Morgan fingerprint density at radius 2 is 1.70 bits per heavy atom. The highest BCUT2D eigenvalue weighted by Gasteiger charge is 2.30. The number of hydrogen-bond donors (Lipinski definition) is 5. The number of alkyl carbamates (subject to hydrolysis) is 1. The van der Waals surface area contributed by atoms with Gasteiger partial charge in [0, 0.05) is 24.7 Å². The number of ether oxygens (including phenoxy) is 2. The fraction of sp³-hybridized carbons (Fsp3) is 0.357. The van der Waals surface area contributed by atoms with Crippen LogP contribution >= 0.6 is 0 Å². The minimum atomic E-state index is -0.520. The summed E-state index contributed by atoms with van der Waals surface area (Å²) in [7, 11) is 0. The van der Waals surface area contributed by atoms with Gasteiger partial charge in [-0.2, -0.15) is 0 Å². The molecule has 2 aromatic rings. The Morgan fingerprint density at radius 1 is 1.08 bits per heavy atom. The molecule has 37 heavy (non-hydrogen) atoms. The van der Waals surface area contributed by atoms with Crippen LogP contribution in [0.5, 0.6) is 11.5 Å². The SMILES string of the molecule is CC(C)(C)OC(=O)NC1CCN(C2=CC(c3ccc(Oc4ccccc4)cc3)=C(C(=N)N)C([NH3+])N2)CC1. The molecule has 9 nitrogen and oxygen atoms in total. The second-order valence-electron chi connectivity index (χ2n) is 10.3. The largest absolute Gasteiger partial charge is 0.457 e. The van der Waals surface area contributed by atoms with Gasteiger partial charge in [0.05, 0.1) is 5.57 Å². The van der Waals surface area contributed by atoms with E-state index in [1.165, 1.54) is 0 Å². The molecule has 0 aromatic heterocycles. The van der Waals surface area contributed by atoms with E-state index in [9.17, 15) is 4.79 Å². The third kappa shape index (κ3) is 6.83. The molecule has 2 aromatic carbocycles. The van der Waals surface area contributed by atoms with E-state index in [2.05, 4.69) is 21.3 Å². The second-order valence-corrected chi connectivity index (χ2v) is 10.3. The highest BCUT2D eigenvalue weighted by atomic mass is 16.6. The third-order valence-electron chi connectivity index (χ3n) is 6.23. The van der Waals surface area contributed by atoms with Gasteiger partial charge >= 0.3 is 6.09 Å². The molecular formula is C28H37N6O3+. The van der Waals surface area contributed by atoms with E-state index < -0.39 is 5.60 Å². The van der Waals surface area contributed by atoms with E-state index in [1.807, 2.05) is 81.4 Å². The molecule has 196 valence electrons. The zero-order valence-electron chi connectivity index (χ0n) is 21.7. The summed E-state index contributed by atoms with van der Waals surface area (Å²) in [4.78, 5) is 14.4. The molecule has 0 aliphatic carbocycles. The number of nitrogens with zero attached hydrogens (tertiary/aromatic N) is 1. The summed E-state index contributed by atoms with van der Waals surface area (Å²) in [5.41, 5.74) is 12.1. The van der Waals surface area contributed by atoms with Crippen LogP contribution in [0, 0.1) is 5.41 Å². The predicted molar refractivity (Wildman–Crippen MR) is 144 cm³/mol. The fourth-order valence-electron chi connectivity index (χ4n) is 4.51. The highest BCUT2D eigenvalue weighted by molar-refractivity contribution is 6.05. The second kappa shape index (κ2) is 11.0. The number of nitrogens with two attached hydrogens (primary N) is 1. The Labute approximate surface area is 218 Å². The lowest BCUT2D eigenvalue weighted by Gasteiger charge is -2.38. The molecule has 1 atom stereocenters. The quantitative estimate of drug-likeness (QED) is 0.302. The number of piperidine rings is 1. The molecule has 0 spiro atoms. The van der Waals surface area contributed by atoms with Gasteiger partial charge < -0.3 is 36.5 Å². The summed E-state index contributed by atoms with van der Waals surface area (Å²) in [5, 5.41) is 14.6. The van der Waals surface area contributed by atoms with Crippen LogP contribution in [-0.2, 0) is 4.74 Å². The first-order valence-corrected chi connectivity index (χ1v) is 12.6. The molecule has 0 bridgehead atoms. The average Bonchev–Trinajstić information content (AvgIpc) is 2.83. The minimum absolute atomic E-state index is 0.0114. The van der Waals surface area contributed by atoms with Crippen LogP contribution in [0.15, 0.2) is 72.1 Å². The summed E-state index contributed by atoms with van der Waals surface area (Å²) in [5.74, 6) is 2.41. The van der Waals surface area contributed by atoms with Crippen molar-refractivity contribution in [1.29, 1.82) is 5.41 Å². The molecule has 1 fully saturated rings. The van der Waals surface area contributed by atoms with Gasteiger partial charge in [-0.25, -0.2) is 4.79 Å². The first-order valence-electron chi connectivity index (χ1n) is 12.6. The van der Waals surface area contributed by atoms with Crippen molar-refractivity contribution >= 4 is 17.5 Å². The number of amidine groups is 1. The first-order chi connectivity index (χ1) is 17.6. The summed E-state index contributed by atoms with van der Waals surface area (Å²) in [6, 6.07) is 17.5. The van der Waals surface area contributed by atoms with Crippen molar-refractivity contribution in [3.8, 4) is 11.5 Å². The lowest BCUT2D eigenvalue weighted by Crippen LogP contribution is -2.71. The molecule has 1 saturated heterocycles. The molecule has 2 aliphatic rings. The number of nitrogens with one attached hydrogen (secondary N) is 3. The standard InChI is InChI=1S/C28H36N6O3/c1-28(2,3)37-27(35)32-19-13-15-34(16-14-19)23-17-22(24(25(29)30)26(31)33-23)18-9-11-21(12-10-18)36-20-7-5-4-6-8-20/h4-12,17,19,26,33H,13-16,31H2,1-3H3,(H3,29,30)(H,32,35)/p+1. The predicted octanol–water partition coefficient (Wildman–Crippen LogP) is 3.17. The van der Waals surface area contributed by atoms with Crippen molar-refractivity contribution in [3.63, 3.8) is 0 Å². The van der Waals surface area contributed by atoms with Crippen LogP contribution in [0.2, 0.25) is 0 Å². The Balaban J connectivity index is 1.48. The summed E-state index contributed by atoms with van der Waals surface area (Å²) in [6.45, 7) is 7.10. The van der Waals surface area contributed by atoms with E-state index in [4.69, 9.17) is 20.6 Å². The number of carbonyl (C=O) groups excluding carboxylic acids is 1. The lowest BCUT2D eigenvalue weighted by molar-refractivity contribution is -0.412. The molecule has 1 unspecified atom stereocenters. The number of quaternary nitrogens is 1. The van der Waals surface area contributed by atoms with Gasteiger partial charge in [0.25, 0.3) is 0 Å². The van der Waals surface area contributed by atoms with Gasteiger partial charge in [0.15, 0.2) is 6.17 Å². The zero-order chi connectivity index (χ0) is 26.6. The van der Waals surface area contributed by atoms with Gasteiger partial charge in [0.1, 0.15) is 28.8 Å². The van der Waals surface area contributed by atoms with Gasteiger partial charge in [0.2, 0.25) is 0 Å². The molecule has 2 heterocycles. The van der Waals surface area contributed by atoms with Gasteiger partial charge in [-0.1, -0.05) is 30.3 Å². The van der Waals surface area contributed by atoms with Crippen molar-refractivity contribution in [2.75, 3.05) is 13.1 Å². The van der Waals surface area contributed by atoms with Crippen LogP contribution in [-0.4, -0.2) is 47.7 Å². The number of benzene rings is 2. The normalized spacial score (nSPS) is 18.5. The summed E-state index contributed by atoms with van der Waals surface area (Å²) < 4.78 is 11.3. The molecule has 1 amide bonds. The van der Waals surface area contributed by atoms with E-state index in [0.717, 1.165) is 54.4 Å². The average molecular weight is 506 g/mol. The molecule has 9 heteroatoms. The first kappa shape index (κ1) is 26.1. The number of amides is 1. The lowest BCUT2D eigenvalue weighted by atomic mass is 9.94. The number of hydrogen-bond acceptors (Lipinski definition) is 6. The number of dihydropyridines is 1. The van der Waals surface area contributed by atoms with Crippen molar-refractivity contribution in [2.45, 2.75) is 51.4 Å². The molecule has 0 radical (unpaired) electrons. The van der Waals surface area contributed by atoms with Crippen LogP contribution < -0.4 is 26.8 Å². The summed E-state index contributed by atoms with van der Waals surface area (Å²) >= 11 is 0. The monoisotopic (exact) mass is 505 g/mol. The van der Waals surface area contributed by atoms with E-state index in [1.54, 1.807) is 0 Å². The van der Waals surface area contributed by atoms with Gasteiger partial charge in [-0.15, -0.1) is 0 Å². The van der Waals surface area contributed by atoms with Gasteiger partial charge in [-0.05, 0) is 69.5 Å². The smallest absolute Gasteiger partial charge is 0.407 e. The Hall–Kier alpha value is -3.98. The topological polar surface area (TPSA) is 140 Å². The van der Waals surface area contributed by atoms with Gasteiger partial charge in [-0.3, -0.25) is 5.41 Å². The number of carbonyl (C=O) groups is 1. The molecule has 4 rings (SSSR count). The number of allylic oxidation sites excluding steroid dienone is 2. The molecule has 0 saturated carbocycles. The fourth-order valence-corrected chi connectivity index (χ4v) is 4.51. The summed E-state index contributed by atoms with van der Waals surface area (Å²) in [6.07, 6.45) is 2.88. The number of rotatable bonds is 6. The molecule has 2 aliphatic heterocycles. The minimum Gasteiger partial charge on any atom is -0.457 e. The van der Waals surface area contributed by atoms with Crippen LogP contribution in [0.4, 0.5) is 4.79 Å². The molecular weight excluding hydrogens is 468 g/mol. The van der Waals surface area contributed by atoms with Crippen molar-refractivity contribution in [3.05, 3.63) is 77.6 Å². The van der Waals surface area contributed by atoms with Crippen LogP contribution in [0.3, 0.4) is 0 Å². The highest BCUT2D eigenvalue weighted by Crippen LogP contribution is 2.30. The maximum absolute atomic E-state index is 12.2. The van der Waals surface area contributed by atoms with Crippen LogP contribution in [0.25, 0.3) is 5.57 Å². The van der Waals surface area contributed by atoms with Crippen molar-refractivity contribution < 1.29 is 20.0 Å². The number of para-hydroxylation sites is 1. The zero-order valence-corrected chi connectivity index (χ0v) is 21.7.